The monoisotopic (exact) mass is 482 g/mol. The van der Waals surface area contributed by atoms with E-state index < -0.39 is 29.3 Å². The van der Waals surface area contributed by atoms with Crippen LogP contribution in [0.4, 0.5) is 4.79 Å². The van der Waals surface area contributed by atoms with Crippen molar-refractivity contribution in [1.82, 2.24) is 5.32 Å². The molecule has 0 unspecified atom stereocenters. The summed E-state index contributed by atoms with van der Waals surface area (Å²) in [4.78, 5) is 23.6. The fraction of sp³-hybridized carbons (Fsp3) is 0.680. The third kappa shape index (κ3) is 11.1. The van der Waals surface area contributed by atoms with Crippen molar-refractivity contribution in [3.63, 3.8) is 0 Å². The van der Waals surface area contributed by atoms with Crippen LogP contribution in [0.2, 0.25) is 0 Å². The first kappa shape index (κ1) is 29.5. The summed E-state index contributed by atoms with van der Waals surface area (Å²) in [7, 11) is 3.04. The molecule has 9 heteroatoms. The molecule has 9 nitrogen and oxygen atoms in total. The second-order valence-corrected chi connectivity index (χ2v) is 9.86. The van der Waals surface area contributed by atoms with Gasteiger partial charge in [0.1, 0.15) is 17.1 Å². The molecule has 1 aromatic rings. The number of hydrogen-bond donors (Lipinski definition) is 3. The highest BCUT2D eigenvalue weighted by molar-refractivity contribution is 5.80. The fourth-order valence-corrected chi connectivity index (χ4v) is 3.26. The molecule has 4 N–H and O–H groups in total. The molecular formula is C25H42N2O7. The van der Waals surface area contributed by atoms with Crippen molar-refractivity contribution in [3.05, 3.63) is 23.8 Å². The van der Waals surface area contributed by atoms with Gasteiger partial charge >= 0.3 is 12.1 Å². The first-order chi connectivity index (χ1) is 15.8. The number of carbonyl (C=O) groups excluding carboxylic acids is 1. The predicted molar refractivity (Wildman–Crippen MR) is 130 cm³/mol. The summed E-state index contributed by atoms with van der Waals surface area (Å²) in [6.45, 7) is 8.57. The van der Waals surface area contributed by atoms with Gasteiger partial charge < -0.3 is 35.1 Å². The maximum Gasteiger partial charge on any atom is 0.408 e. The zero-order valence-corrected chi connectivity index (χ0v) is 21.6. The van der Waals surface area contributed by atoms with Gasteiger partial charge in [-0.3, -0.25) is 0 Å². The molecule has 1 aliphatic carbocycles. The van der Waals surface area contributed by atoms with Crippen LogP contribution in [0.3, 0.4) is 0 Å². The number of alkyl carbamates (subject to hydrolysis) is 1. The highest BCUT2D eigenvalue weighted by Crippen LogP contribution is 2.32. The van der Waals surface area contributed by atoms with E-state index in [1.807, 2.05) is 0 Å². The molecule has 1 saturated carbocycles. The number of carbonyl (C=O) groups is 2. The molecule has 0 heterocycles. The summed E-state index contributed by atoms with van der Waals surface area (Å²) in [5.41, 5.74) is 4.68. The van der Waals surface area contributed by atoms with Gasteiger partial charge in [-0.15, -0.1) is 0 Å². The van der Waals surface area contributed by atoms with E-state index >= 15 is 0 Å². The molecular weight excluding hydrogens is 440 g/mol. The molecule has 1 atom stereocenters. The van der Waals surface area contributed by atoms with Crippen LogP contribution in [-0.2, 0) is 19.9 Å². The Morgan fingerprint density at radius 1 is 1.03 bits per heavy atom. The van der Waals surface area contributed by atoms with Crippen LogP contribution in [0.15, 0.2) is 18.2 Å². The van der Waals surface area contributed by atoms with Crippen molar-refractivity contribution in [3.8, 4) is 11.5 Å². The highest BCUT2D eigenvalue weighted by atomic mass is 16.6. The lowest BCUT2D eigenvalue weighted by Gasteiger charge is -2.28. The smallest absolute Gasteiger partial charge is 0.408 e. The number of carboxylic acids is 1. The second-order valence-electron chi connectivity index (χ2n) is 9.86. The zero-order chi connectivity index (χ0) is 25.9. The quantitative estimate of drug-likeness (QED) is 0.502. The molecule has 1 aromatic carbocycles. The first-order valence-corrected chi connectivity index (χ1v) is 11.6. The Hall–Kier alpha value is -2.52. The number of methoxy groups -OCH3 is 2. The van der Waals surface area contributed by atoms with Gasteiger partial charge in [-0.1, -0.05) is 19.3 Å². The van der Waals surface area contributed by atoms with Crippen LogP contribution in [0.5, 0.6) is 11.5 Å². The number of ether oxygens (including phenoxy) is 4. The topological polar surface area (TPSA) is 129 Å². The number of amides is 1. The zero-order valence-electron chi connectivity index (χ0n) is 21.6. The van der Waals surface area contributed by atoms with E-state index in [0.29, 0.717) is 23.1 Å². The van der Waals surface area contributed by atoms with Crippen LogP contribution < -0.4 is 20.5 Å². The Morgan fingerprint density at radius 2 is 1.56 bits per heavy atom. The molecule has 1 fully saturated rings. The maximum absolute atomic E-state index is 12.3. The van der Waals surface area contributed by atoms with Crippen molar-refractivity contribution >= 4 is 12.1 Å². The van der Waals surface area contributed by atoms with Crippen molar-refractivity contribution in [2.24, 2.45) is 5.73 Å². The van der Waals surface area contributed by atoms with Gasteiger partial charge in [0.2, 0.25) is 0 Å². The molecule has 0 aromatic heterocycles. The van der Waals surface area contributed by atoms with E-state index in [2.05, 4.69) is 5.32 Å². The van der Waals surface area contributed by atoms with Gasteiger partial charge in [0.25, 0.3) is 0 Å². The molecule has 0 bridgehead atoms. The van der Waals surface area contributed by atoms with Crippen molar-refractivity contribution in [2.45, 2.75) is 90.0 Å². The first-order valence-electron chi connectivity index (χ1n) is 11.6. The van der Waals surface area contributed by atoms with Gasteiger partial charge in [-0.25, -0.2) is 9.59 Å². The fourth-order valence-electron chi connectivity index (χ4n) is 3.26. The van der Waals surface area contributed by atoms with E-state index in [0.717, 1.165) is 0 Å². The Morgan fingerprint density at radius 3 is 1.94 bits per heavy atom. The van der Waals surface area contributed by atoms with Gasteiger partial charge in [0.15, 0.2) is 6.04 Å². The second kappa shape index (κ2) is 13.4. The standard InChI is InChI=1S/C19H29NO7.C6H13N/c1-18(2,3)26-11-15(16(21)22)20-17(23)27-19(4,5)12-8-13(24-6)10-14(9-12)25-7;7-6-4-2-1-3-5-6/h8-10,15H,11H2,1-7H3,(H,20,23)(H,21,22);6H,1-5,7H2/t15-;/m0./s1. The molecule has 0 radical (unpaired) electrons. The minimum absolute atomic E-state index is 0.179. The van der Waals surface area contributed by atoms with E-state index in [9.17, 15) is 14.7 Å². The molecule has 2 rings (SSSR count). The third-order valence-corrected chi connectivity index (χ3v) is 5.32. The van der Waals surface area contributed by atoms with Crippen LogP contribution in [0, 0.1) is 0 Å². The lowest BCUT2D eigenvalue weighted by molar-refractivity contribution is -0.142. The Kier molecular flexibility index (Phi) is 11.6. The van der Waals surface area contributed by atoms with Gasteiger partial charge in [-0.2, -0.15) is 0 Å². The minimum Gasteiger partial charge on any atom is -0.497 e. The van der Waals surface area contributed by atoms with Gasteiger partial charge in [-0.05, 0) is 59.6 Å². The van der Waals surface area contributed by atoms with E-state index in [-0.39, 0.29) is 6.61 Å². The van der Waals surface area contributed by atoms with Crippen LogP contribution in [-0.4, -0.2) is 55.7 Å². The van der Waals surface area contributed by atoms with Crippen LogP contribution in [0.1, 0.15) is 72.3 Å². The normalized spacial score (nSPS) is 15.4. The number of nitrogens with one attached hydrogen (secondary N) is 1. The lowest BCUT2D eigenvalue weighted by atomic mass is 9.97. The summed E-state index contributed by atoms with van der Waals surface area (Å²) in [5, 5.41) is 11.6. The molecule has 1 aliphatic rings. The third-order valence-electron chi connectivity index (χ3n) is 5.32. The minimum atomic E-state index is -1.23. The molecule has 194 valence electrons. The Bertz CT molecular complexity index is 762. The molecule has 0 saturated heterocycles. The average molecular weight is 483 g/mol. The molecule has 1 amide bonds. The number of nitrogens with two attached hydrogens (primary N) is 1. The van der Waals surface area contributed by atoms with Crippen molar-refractivity contribution < 1.29 is 33.6 Å². The van der Waals surface area contributed by atoms with Crippen LogP contribution >= 0.6 is 0 Å². The summed E-state index contributed by atoms with van der Waals surface area (Å²) in [6.07, 6.45) is 5.79. The Labute approximate surface area is 203 Å². The number of rotatable bonds is 8. The largest absolute Gasteiger partial charge is 0.497 e. The summed E-state index contributed by atoms with van der Waals surface area (Å²) in [6, 6.07) is 4.44. The van der Waals surface area contributed by atoms with Gasteiger partial charge in [0, 0.05) is 17.7 Å². The summed E-state index contributed by atoms with van der Waals surface area (Å²) >= 11 is 0. The van der Waals surface area contributed by atoms with E-state index in [1.165, 1.54) is 46.3 Å². The molecule has 34 heavy (non-hydrogen) atoms. The van der Waals surface area contributed by atoms with Crippen molar-refractivity contribution in [1.29, 1.82) is 0 Å². The summed E-state index contributed by atoms with van der Waals surface area (Å²) in [5.74, 6) is -0.121. The lowest BCUT2D eigenvalue weighted by Crippen LogP contribution is -2.47. The summed E-state index contributed by atoms with van der Waals surface area (Å²) < 4.78 is 21.4. The van der Waals surface area contributed by atoms with E-state index in [4.69, 9.17) is 24.7 Å². The maximum atomic E-state index is 12.3. The van der Waals surface area contributed by atoms with Gasteiger partial charge in [0.05, 0.1) is 26.4 Å². The number of carboxylic acid groups (broad SMARTS) is 1. The highest BCUT2D eigenvalue weighted by Gasteiger charge is 2.30. The SMILES string of the molecule is COc1cc(OC)cc(C(C)(C)OC(=O)N[C@@H](COC(C)(C)C)C(=O)O)c1.NC1CCCCC1. The van der Waals surface area contributed by atoms with E-state index in [1.54, 1.807) is 52.8 Å². The average Bonchev–Trinajstić information content (AvgIpc) is 2.76. The number of hydrogen-bond acceptors (Lipinski definition) is 7. The molecule has 0 aliphatic heterocycles. The van der Waals surface area contributed by atoms with Crippen molar-refractivity contribution in [2.75, 3.05) is 20.8 Å². The van der Waals surface area contributed by atoms with Crippen LogP contribution in [0.25, 0.3) is 0 Å². The number of benzene rings is 1. The Balaban J connectivity index is 0.000000700. The predicted octanol–water partition coefficient (Wildman–Crippen LogP) is 4.21. The molecule has 0 spiro atoms. The number of aliphatic carboxylic acids is 1.